The Hall–Kier alpha value is -5.70. The fourth-order valence-corrected chi connectivity index (χ4v) is 13.7. The highest BCUT2D eigenvalue weighted by Gasteiger charge is 2.42. The highest BCUT2D eigenvalue weighted by Crippen LogP contribution is 2.26. The highest BCUT2D eigenvalue weighted by atomic mass is 33.1. The van der Waals surface area contributed by atoms with Gasteiger partial charge in [0.25, 0.3) is 0 Å². The third-order valence-electron chi connectivity index (χ3n) is 15.8. The summed E-state index contributed by atoms with van der Waals surface area (Å²) in [5.41, 5.74) is 17.1. The molecule has 4 rings (SSSR count). The number of nitrogens with zero attached hydrogens (tertiary/aromatic N) is 2. The molecule has 1 aromatic carbocycles. The van der Waals surface area contributed by atoms with E-state index in [1.54, 1.807) is 30.3 Å². The largest absolute Gasteiger partial charge is 0.481 e. The third-order valence-corrected chi connectivity index (χ3v) is 19.3. The van der Waals surface area contributed by atoms with Gasteiger partial charge in [-0.3, -0.25) is 84.3 Å². The molecule has 105 heavy (non-hydrogen) atoms. The van der Waals surface area contributed by atoms with Gasteiger partial charge in [-0.25, -0.2) is 4.39 Å². The molecule has 598 valence electrons. The zero-order valence-corrected chi connectivity index (χ0v) is 61.3. The Labute approximate surface area is 620 Å². The number of carboxylic acid groups (broad SMARTS) is 1. The van der Waals surface area contributed by atoms with Crippen LogP contribution < -0.4 is 81.0 Å². The first kappa shape index (κ1) is 91.7. The summed E-state index contributed by atoms with van der Waals surface area (Å²) in [6.07, 6.45) is -9.09. The van der Waals surface area contributed by atoms with Gasteiger partial charge in [0.2, 0.25) is 53.2 Å². The van der Waals surface area contributed by atoms with E-state index < -0.39 is 165 Å². The fourth-order valence-electron chi connectivity index (χ4n) is 10.4. The number of alkyl halides is 1. The molecule has 0 saturated carbocycles. The number of ether oxygens (including phenoxy) is 5. The number of aliphatic hydroxyl groups is 5. The molecular formula is C62H108FN17O22S3. The van der Waals surface area contributed by atoms with Crippen molar-refractivity contribution in [1.82, 2.24) is 73.8 Å². The van der Waals surface area contributed by atoms with Gasteiger partial charge in [0.15, 0.2) is 0 Å². The molecule has 1 unspecified atom stereocenters. The van der Waals surface area contributed by atoms with Crippen molar-refractivity contribution in [1.29, 1.82) is 0 Å². The number of imide groups is 1. The minimum absolute atomic E-state index is 0.00455. The van der Waals surface area contributed by atoms with Gasteiger partial charge in [-0.15, -0.1) is 11.8 Å². The van der Waals surface area contributed by atoms with E-state index >= 15 is 0 Å². The van der Waals surface area contributed by atoms with Crippen molar-refractivity contribution in [2.75, 3.05) is 149 Å². The minimum atomic E-state index is -1.84. The van der Waals surface area contributed by atoms with Crippen molar-refractivity contribution in [2.45, 2.75) is 144 Å². The van der Waals surface area contributed by atoms with Crippen LogP contribution in [0.1, 0.15) is 56.9 Å². The van der Waals surface area contributed by atoms with Crippen LogP contribution in [0.2, 0.25) is 0 Å². The molecule has 3 aliphatic heterocycles. The SMILES string of the molecule is CN(OCCOCC[18F])C1CC(=O)N(CCC(=O)NCCCC[C@@H]2NC(=O)CSC[C@@H](C(=O)NCCOCCOCCOCCN[C@H](O)COC[C@@H](N)O)NC(=O)[C@H](Cc3ccccc3)N[C@@H](O)[C@@H]3CSSC[C@H](N[C@@H]2O)[C@H](O)N[C@@H](CCCNC(N)N)C(=O)NCC(=O)N[C@@H](CC(=O)O)C(=O)N3)C1=O. The standard InChI is InChI=1S/C62H108FN17O22S3/c1-79(102-27-26-97-19-13-63)46-30-52(86)80(61(46)96)18-12-48(82)67-14-6-5-10-40-56(91)77-44-35-104-105-36-45(78-58(93)42(29-53(87)88)73-49(83)31-71-54(89)39(74-59(44)94)11-7-15-70-62(65)66)60(95)75-41(28-38-8-3-2-4-9-38)57(92)76-43(34-103-37-51(85)72-40)55(90)69-17-21-99-23-25-100-24-22-98-20-16-68-50(84)33-101-32-47(64)81/h2-4,8-9,39-47,50,56,59-60,62,68,70,74-75,77,81,84,91,94-95H,5-7,10-37,64-66H2,1H3,(H,67,82)(H,69,90)(H,71,89)(H,72,85)(H,73,83)(H,76,92)(H,78,93)(H,87,88)/t39-,40-,41-,42-,43-,44-,45-,46?,47-,50+,56+,59-,60-/m0/s1/i63-1. The zero-order chi connectivity index (χ0) is 76.9. The van der Waals surface area contributed by atoms with Crippen molar-refractivity contribution in [3.8, 4) is 0 Å². The number of fused-ring (bicyclic) bond motifs is 5. The second-order valence-electron chi connectivity index (χ2n) is 24.3. The van der Waals surface area contributed by atoms with Gasteiger partial charge < -0.3 is 109 Å². The van der Waals surface area contributed by atoms with Gasteiger partial charge in [-0.05, 0) is 50.6 Å². The van der Waals surface area contributed by atoms with Crippen LogP contribution in [0.15, 0.2) is 30.3 Å². The number of nitrogens with one attached hydrogen (secondary N) is 12. The first-order valence-corrected chi connectivity index (χ1v) is 38.2. The van der Waals surface area contributed by atoms with Crippen LogP contribution in [0.3, 0.4) is 0 Å². The summed E-state index contributed by atoms with van der Waals surface area (Å²) in [7, 11) is 3.53. The maximum atomic E-state index is 14.7. The van der Waals surface area contributed by atoms with Crippen LogP contribution in [0.25, 0.3) is 0 Å². The topological polar surface area (TPSA) is 576 Å². The lowest BCUT2D eigenvalue weighted by Gasteiger charge is -2.33. The summed E-state index contributed by atoms with van der Waals surface area (Å²) in [6.45, 7) is -0.512. The van der Waals surface area contributed by atoms with Crippen LogP contribution in [0, 0.1) is 0 Å². The number of amides is 9. The molecule has 0 aromatic heterocycles. The quantitative estimate of drug-likeness (QED) is 0.00950. The number of unbranched alkanes of at least 4 members (excludes halogenated alkanes) is 1. The zero-order valence-electron chi connectivity index (χ0n) is 58.8. The number of hydroxylamine groups is 2. The molecule has 2 bridgehead atoms. The summed E-state index contributed by atoms with van der Waals surface area (Å²) < 4.78 is 39.2. The van der Waals surface area contributed by atoms with E-state index in [1.165, 1.54) is 12.1 Å². The molecule has 3 saturated heterocycles. The lowest BCUT2D eigenvalue weighted by Crippen LogP contribution is -2.61. The van der Waals surface area contributed by atoms with E-state index in [1.807, 2.05) is 0 Å². The first-order valence-electron chi connectivity index (χ1n) is 34.5. The number of benzene rings is 1. The minimum Gasteiger partial charge on any atom is -0.481 e. The van der Waals surface area contributed by atoms with E-state index in [0.717, 1.165) is 38.2 Å². The van der Waals surface area contributed by atoms with Crippen LogP contribution in [-0.4, -0.2) is 334 Å². The molecule has 13 atom stereocenters. The van der Waals surface area contributed by atoms with Crippen LogP contribution in [0.5, 0.6) is 0 Å². The molecule has 3 heterocycles. The second-order valence-corrected chi connectivity index (χ2v) is 27.9. The number of nitrogens with two attached hydrogens (primary N) is 3. The molecule has 1 aromatic rings. The highest BCUT2D eigenvalue weighted by molar-refractivity contribution is 8.76. The van der Waals surface area contributed by atoms with Crippen LogP contribution in [0.4, 0.5) is 4.39 Å². The van der Waals surface area contributed by atoms with Gasteiger partial charge >= 0.3 is 5.97 Å². The maximum absolute atomic E-state index is 14.7. The lowest BCUT2D eigenvalue weighted by atomic mass is 10.0. The number of aliphatic hydroxyl groups excluding tert-OH is 5. The molecular weight excluding hydrogens is 1450 g/mol. The molecule has 3 fully saturated rings. The molecule has 39 nitrogen and oxygen atoms in total. The number of carbonyl (C=O) groups excluding carboxylic acids is 9. The average Bonchev–Trinajstić information content (AvgIpc) is 1.70. The number of rotatable bonds is 42. The van der Waals surface area contributed by atoms with Gasteiger partial charge in [-0.1, -0.05) is 51.9 Å². The predicted molar refractivity (Wildman–Crippen MR) is 381 cm³/mol. The number of carbonyl (C=O) groups is 10. The summed E-state index contributed by atoms with van der Waals surface area (Å²) in [4.78, 5) is 143. The van der Waals surface area contributed by atoms with Crippen LogP contribution in [-0.2, 0) is 82.9 Å². The Balaban J connectivity index is 1.59. The predicted octanol–water partition coefficient (Wildman–Crippen LogP) is -8.68. The summed E-state index contributed by atoms with van der Waals surface area (Å²) in [5, 5.41) is 99.3. The smallest absolute Gasteiger partial charge is 0.305 e. The average molecular weight is 1560 g/mol. The first-order chi connectivity index (χ1) is 50.3. The van der Waals surface area contributed by atoms with Crippen molar-refractivity contribution in [3.63, 3.8) is 0 Å². The Bertz CT molecular complexity index is 2770. The van der Waals surface area contributed by atoms with E-state index in [9.17, 15) is 77.9 Å². The van der Waals surface area contributed by atoms with Gasteiger partial charge in [0, 0.05) is 56.9 Å². The van der Waals surface area contributed by atoms with Gasteiger partial charge in [-0.2, -0.15) is 5.06 Å². The summed E-state index contributed by atoms with van der Waals surface area (Å²) in [6, 6.07) is -1.99. The fraction of sp³-hybridized carbons (Fsp3) is 0.742. The molecule has 24 N–H and O–H groups in total. The number of carboxylic acids is 1. The molecule has 3 aliphatic rings. The number of likely N-dealkylation sites (tertiary alicyclic amines) is 1. The van der Waals surface area contributed by atoms with Crippen molar-refractivity contribution in [2.24, 2.45) is 17.2 Å². The van der Waals surface area contributed by atoms with Crippen molar-refractivity contribution in [3.05, 3.63) is 35.9 Å². The second kappa shape index (κ2) is 53.2. The molecule has 0 aliphatic carbocycles. The monoisotopic (exact) mass is 1560 g/mol. The van der Waals surface area contributed by atoms with Gasteiger partial charge in [0.1, 0.15) is 62.2 Å². The number of halogens is 1. The van der Waals surface area contributed by atoms with Crippen molar-refractivity contribution < 1.29 is 111 Å². The number of hydrogen-bond donors (Lipinski definition) is 21. The number of thioether (sulfide) groups is 1. The lowest BCUT2D eigenvalue weighted by molar-refractivity contribution is -0.182. The third kappa shape index (κ3) is 38.8. The van der Waals surface area contributed by atoms with Crippen LogP contribution >= 0.6 is 33.3 Å². The van der Waals surface area contributed by atoms with E-state index in [0.29, 0.717) is 12.1 Å². The number of aliphatic carboxylic acids is 1. The summed E-state index contributed by atoms with van der Waals surface area (Å²) in [5.74, 6) is -9.12. The van der Waals surface area contributed by atoms with E-state index in [2.05, 4.69) is 63.8 Å². The molecule has 9 amide bonds. The Morgan fingerprint density at radius 2 is 1.32 bits per heavy atom. The van der Waals surface area contributed by atoms with E-state index in [-0.39, 0.29) is 173 Å². The Morgan fingerprint density at radius 1 is 0.667 bits per heavy atom. The van der Waals surface area contributed by atoms with Gasteiger partial charge in [0.05, 0.1) is 128 Å². The molecule has 0 spiro atoms. The Morgan fingerprint density at radius 3 is 2.02 bits per heavy atom. The molecule has 43 heteroatoms. The van der Waals surface area contributed by atoms with Crippen molar-refractivity contribution >= 4 is 92.5 Å². The van der Waals surface area contributed by atoms with E-state index in [4.69, 9.17) is 50.8 Å². The molecule has 0 radical (unpaired) electrons. The number of hydrogen-bond acceptors (Lipinski definition) is 33. The number of likely N-dealkylation sites (N-methyl/N-ethyl adjacent to an activating group) is 1. The maximum Gasteiger partial charge on any atom is 0.305 e. The Kier molecular flexibility index (Phi) is 46.4. The summed E-state index contributed by atoms with van der Waals surface area (Å²) >= 11 is 0.931. The normalized spacial score (nSPS) is 24.6.